The summed E-state index contributed by atoms with van der Waals surface area (Å²) >= 11 is 0. The maximum Gasteiger partial charge on any atom is 0.252 e. The zero-order chi connectivity index (χ0) is 50.5. The molecule has 0 N–H and O–H groups in total. The molecule has 11 rings (SSSR count). The first-order chi connectivity index (χ1) is 33.3. The second-order valence-electron chi connectivity index (χ2n) is 27.0. The van der Waals surface area contributed by atoms with Gasteiger partial charge in [0.1, 0.15) is 0 Å². The van der Waals surface area contributed by atoms with Crippen molar-refractivity contribution in [3.8, 4) is 0 Å². The summed E-state index contributed by atoms with van der Waals surface area (Å²) in [6.07, 6.45) is 3.46. The third-order valence-electron chi connectivity index (χ3n) is 17.8. The number of benzene rings is 7. The summed E-state index contributed by atoms with van der Waals surface area (Å²) in [4.78, 5) is 5.47. The Morgan fingerprint density at radius 1 is 0.408 bits per heavy atom. The summed E-state index contributed by atoms with van der Waals surface area (Å²) in [5, 5.41) is 0. The lowest BCUT2D eigenvalue weighted by Gasteiger charge is -2.48. The molecule has 0 saturated carbocycles. The predicted molar refractivity (Wildman–Crippen MR) is 307 cm³/mol. The van der Waals surface area contributed by atoms with Gasteiger partial charge in [-0.15, -0.1) is 0 Å². The molecule has 71 heavy (non-hydrogen) atoms. The summed E-state index contributed by atoms with van der Waals surface area (Å²) < 4.78 is 0. The molecule has 0 radical (unpaired) electrons. The van der Waals surface area contributed by atoms with Gasteiger partial charge in [0, 0.05) is 40.0 Å². The zero-order valence-corrected chi connectivity index (χ0v) is 45.9. The van der Waals surface area contributed by atoms with E-state index in [0.29, 0.717) is 0 Å². The van der Waals surface area contributed by atoms with Gasteiger partial charge in [-0.2, -0.15) is 0 Å². The van der Waals surface area contributed by atoms with E-state index in [1.54, 1.807) is 0 Å². The summed E-state index contributed by atoms with van der Waals surface area (Å²) in [6.45, 7) is 38.7. The van der Waals surface area contributed by atoms with Crippen molar-refractivity contribution in [2.24, 2.45) is 0 Å². The van der Waals surface area contributed by atoms with E-state index in [-0.39, 0.29) is 45.1 Å². The number of rotatable bonds is 5. The van der Waals surface area contributed by atoms with Gasteiger partial charge in [0.15, 0.2) is 0 Å². The van der Waals surface area contributed by atoms with Crippen LogP contribution in [0.25, 0.3) is 0 Å². The largest absolute Gasteiger partial charge is 0.311 e. The van der Waals surface area contributed by atoms with E-state index in [0.717, 1.165) is 12.8 Å². The van der Waals surface area contributed by atoms with Crippen molar-refractivity contribution < 1.29 is 0 Å². The Kier molecular flexibility index (Phi) is 10.6. The maximum absolute atomic E-state index is 2.77. The number of fused-ring (bicyclic) bond motifs is 6. The molecule has 7 aromatic rings. The Morgan fingerprint density at radius 2 is 0.845 bits per heavy atom. The van der Waals surface area contributed by atoms with Crippen LogP contribution in [0.4, 0.5) is 34.1 Å². The minimum Gasteiger partial charge on any atom is -0.311 e. The Hall–Kier alpha value is -5.80. The minimum absolute atomic E-state index is 0.00377. The van der Waals surface area contributed by atoms with Crippen LogP contribution in [-0.2, 0) is 32.5 Å². The van der Waals surface area contributed by atoms with E-state index in [1.807, 2.05) is 0 Å². The molecule has 0 bridgehead atoms. The normalized spacial score (nSPS) is 17.9. The predicted octanol–water partition coefficient (Wildman–Crippen LogP) is 16.5. The van der Waals surface area contributed by atoms with Crippen molar-refractivity contribution in [2.45, 2.75) is 168 Å². The second-order valence-corrected chi connectivity index (χ2v) is 27.0. The van der Waals surface area contributed by atoms with Crippen LogP contribution in [0, 0.1) is 13.8 Å². The Bertz CT molecular complexity index is 3240. The van der Waals surface area contributed by atoms with E-state index in [4.69, 9.17) is 0 Å². The van der Waals surface area contributed by atoms with E-state index in [1.165, 1.54) is 118 Å². The van der Waals surface area contributed by atoms with Crippen molar-refractivity contribution in [2.75, 3.05) is 9.80 Å². The molecule has 0 unspecified atom stereocenters. The standard InChI is InChI=1S/C68H77BN2/c1-42-27-28-47(63(3,4)5)36-55(42)70-57-37-48(64(6,7)8)29-30-53(57)69-54-38-50-51(66(11,12)32-31-65(50,9)10)40-58(54)71(56-39-52-49(33-43(56)2)67(13,14)41-68(52,15)16)60-35-46(34-59(70)62(60)69)61(44-23-19-17-20-24-44)45-25-21-18-22-26-45/h17-30,33-40,61H,31-32,41H2,1-16H3. The average molecular weight is 933 g/mol. The molecule has 2 nitrogen and oxygen atoms in total. The van der Waals surface area contributed by atoms with Crippen molar-refractivity contribution in [3.63, 3.8) is 0 Å². The molecule has 0 aromatic heterocycles. The third kappa shape index (κ3) is 7.57. The van der Waals surface area contributed by atoms with Crippen molar-refractivity contribution in [1.29, 1.82) is 0 Å². The van der Waals surface area contributed by atoms with Gasteiger partial charge >= 0.3 is 0 Å². The molecule has 3 heteroatoms. The highest BCUT2D eigenvalue weighted by Crippen LogP contribution is 2.55. The van der Waals surface area contributed by atoms with Crippen LogP contribution in [0.2, 0.25) is 0 Å². The molecule has 7 aromatic carbocycles. The summed E-state index contributed by atoms with van der Waals surface area (Å²) in [5.74, 6) is -0.00377. The highest BCUT2D eigenvalue weighted by molar-refractivity contribution is 7.00. The fourth-order valence-electron chi connectivity index (χ4n) is 13.8. The van der Waals surface area contributed by atoms with Crippen LogP contribution in [-0.4, -0.2) is 6.71 Å². The maximum atomic E-state index is 2.77. The molecule has 0 fully saturated rings. The van der Waals surface area contributed by atoms with Crippen LogP contribution in [0.3, 0.4) is 0 Å². The topological polar surface area (TPSA) is 6.48 Å². The summed E-state index contributed by atoms with van der Waals surface area (Å²) in [6, 6.07) is 53.1. The van der Waals surface area contributed by atoms with Gasteiger partial charge in [0.2, 0.25) is 0 Å². The van der Waals surface area contributed by atoms with Crippen molar-refractivity contribution in [3.05, 3.63) is 195 Å². The first-order valence-corrected chi connectivity index (χ1v) is 26.7. The van der Waals surface area contributed by atoms with Gasteiger partial charge in [-0.25, -0.2) is 0 Å². The zero-order valence-electron chi connectivity index (χ0n) is 45.9. The fraction of sp³-hybridized carbons (Fsp3) is 0.382. The Balaban J connectivity index is 1.34. The quantitative estimate of drug-likeness (QED) is 0.125. The van der Waals surface area contributed by atoms with Gasteiger partial charge in [-0.3, -0.25) is 0 Å². The number of hydrogen-bond donors (Lipinski definition) is 0. The van der Waals surface area contributed by atoms with Crippen LogP contribution in [0.15, 0.2) is 133 Å². The van der Waals surface area contributed by atoms with E-state index < -0.39 is 0 Å². The van der Waals surface area contributed by atoms with Gasteiger partial charge < -0.3 is 9.80 Å². The van der Waals surface area contributed by atoms with Crippen molar-refractivity contribution in [1.82, 2.24) is 0 Å². The monoisotopic (exact) mass is 933 g/mol. The average Bonchev–Trinajstić information content (AvgIpc) is 3.48. The highest BCUT2D eigenvalue weighted by atomic mass is 15.2. The first kappa shape index (κ1) is 47.5. The molecule has 362 valence electrons. The number of aryl methyl sites for hydroxylation is 2. The Labute approximate surface area is 428 Å². The van der Waals surface area contributed by atoms with Crippen LogP contribution in [0.1, 0.15) is 183 Å². The molecule has 0 atom stereocenters. The lowest BCUT2D eigenvalue weighted by atomic mass is 9.33. The van der Waals surface area contributed by atoms with Gasteiger partial charge in [-0.1, -0.05) is 194 Å². The van der Waals surface area contributed by atoms with Gasteiger partial charge in [0.25, 0.3) is 6.71 Å². The molecule has 2 heterocycles. The smallest absolute Gasteiger partial charge is 0.252 e. The SMILES string of the molecule is Cc1ccc(C(C)(C)C)cc1N1c2cc(C(C)(C)C)ccc2B2c3cc4c(cc3N(c3cc5c(cc3C)C(C)(C)CC5(C)C)c3cc(C(c5ccccc5)c5ccccc5)cc1c32)C(C)(C)CCC4(C)C. The molecule has 0 spiro atoms. The highest BCUT2D eigenvalue weighted by Gasteiger charge is 2.49. The second kappa shape index (κ2) is 15.9. The third-order valence-corrected chi connectivity index (χ3v) is 17.8. The van der Waals surface area contributed by atoms with Crippen molar-refractivity contribution >= 4 is 57.2 Å². The molecule has 4 aliphatic rings. The molecule has 0 amide bonds. The molecular weight excluding hydrogens is 856 g/mol. The van der Waals surface area contributed by atoms with Crippen LogP contribution >= 0.6 is 0 Å². The molecular formula is C68H77BN2. The molecule has 2 aliphatic heterocycles. The summed E-state index contributed by atoms with van der Waals surface area (Å²) in [5.41, 5.74) is 27.2. The van der Waals surface area contributed by atoms with Gasteiger partial charge in [-0.05, 0) is 180 Å². The molecule has 2 aliphatic carbocycles. The van der Waals surface area contributed by atoms with Crippen LogP contribution < -0.4 is 26.2 Å². The van der Waals surface area contributed by atoms with Crippen LogP contribution in [0.5, 0.6) is 0 Å². The number of nitrogens with zero attached hydrogens (tertiary/aromatic N) is 2. The van der Waals surface area contributed by atoms with E-state index in [9.17, 15) is 0 Å². The Morgan fingerprint density at radius 3 is 1.38 bits per heavy atom. The number of anilines is 6. The van der Waals surface area contributed by atoms with E-state index in [2.05, 4.69) is 254 Å². The fourth-order valence-corrected chi connectivity index (χ4v) is 13.8. The van der Waals surface area contributed by atoms with E-state index >= 15 is 0 Å². The summed E-state index contributed by atoms with van der Waals surface area (Å²) in [7, 11) is 0. The lowest BCUT2D eigenvalue weighted by molar-refractivity contribution is 0.332. The lowest BCUT2D eigenvalue weighted by Crippen LogP contribution is -2.62. The molecule has 0 saturated heterocycles. The van der Waals surface area contributed by atoms with Gasteiger partial charge in [0.05, 0.1) is 0 Å². The first-order valence-electron chi connectivity index (χ1n) is 26.7. The minimum atomic E-state index is -0.0502. The number of hydrogen-bond acceptors (Lipinski definition) is 2.